The van der Waals surface area contributed by atoms with Gasteiger partial charge in [-0.1, -0.05) is 0 Å². The Bertz CT molecular complexity index is 547. The molecular formula is C10H14N4O5. The minimum atomic E-state index is -1.04. The van der Waals surface area contributed by atoms with Crippen molar-refractivity contribution in [2.45, 2.75) is 24.5 Å². The number of methoxy groups -OCH3 is 1. The van der Waals surface area contributed by atoms with E-state index in [0.29, 0.717) is 0 Å². The van der Waals surface area contributed by atoms with Crippen molar-refractivity contribution in [3.05, 3.63) is 10.4 Å². The second kappa shape index (κ2) is 4.37. The predicted octanol–water partition coefficient (Wildman–Crippen LogP) is -1.94. The van der Waals surface area contributed by atoms with Crippen LogP contribution in [0.1, 0.15) is 0 Å². The fourth-order valence-electron chi connectivity index (χ4n) is 2.20. The molecule has 0 radical (unpaired) electrons. The summed E-state index contributed by atoms with van der Waals surface area (Å²) in [6.45, 7) is 0.00662. The number of anilines is 2. The van der Waals surface area contributed by atoms with Gasteiger partial charge in [-0.3, -0.25) is 9.78 Å². The summed E-state index contributed by atoms with van der Waals surface area (Å²) in [5.74, 6) is 0.283. The van der Waals surface area contributed by atoms with Gasteiger partial charge in [0.2, 0.25) is 0 Å². The summed E-state index contributed by atoms with van der Waals surface area (Å²) < 4.78 is 10.2. The van der Waals surface area contributed by atoms with Crippen molar-refractivity contribution in [2.75, 3.05) is 24.4 Å². The molecule has 2 aliphatic rings. The van der Waals surface area contributed by atoms with E-state index in [-0.39, 0.29) is 24.1 Å². The number of nitrogens with zero attached hydrogens (tertiary/aromatic N) is 1. The summed E-state index contributed by atoms with van der Waals surface area (Å²) in [6, 6.07) is -0.555. The molecule has 5 N–H and O–H groups in total. The van der Waals surface area contributed by atoms with Crippen LogP contribution in [0.3, 0.4) is 0 Å². The molecule has 0 spiro atoms. The average Bonchev–Trinajstić information content (AvgIpc) is 2.41. The largest absolute Gasteiger partial charge is 0.468 e. The van der Waals surface area contributed by atoms with Gasteiger partial charge in [0, 0.05) is 0 Å². The molecule has 1 saturated heterocycles. The fraction of sp³-hybridized carbons (Fsp3) is 0.600. The van der Waals surface area contributed by atoms with Crippen molar-refractivity contribution in [1.29, 1.82) is 0 Å². The van der Waals surface area contributed by atoms with Crippen molar-refractivity contribution in [3.63, 3.8) is 0 Å². The third-order valence-electron chi connectivity index (χ3n) is 3.22. The molecule has 0 amide bonds. The topological polar surface area (TPSA) is 129 Å². The summed E-state index contributed by atoms with van der Waals surface area (Å²) in [5, 5.41) is 25.2. The Morgan fingerprint density at radius 2 is 2.21 bits per heavy atom. The van der Waals surface area contributed by atoms with Crippen LogP contribution in [0.5, 0.6) is 6.01 Å². The summed E-state index contributed by atoms with van der Waals surface area (Å²) in [5.41, 5.74) is -0.251. The zero-order chi connectivity index (χ0) is 13.6. The van der Waals surface area contributed by atoms with Gasteiger partial charge in [-0.25, -0.2) is 0 Å². The molecule has 2 unspecified atom stereocenters. The van der Waals surface area contributed by atoms with Crippen molar-refractivity contribution >= 4 is 11.5 Å². The molecule has 1 aromatic rings. The SMILES string of the molecule is COc1nc2c(c(=O)[nH]1)NC1C(N2)OC[C@H](O)[C@@H]1O. The van der Waals surface area contributed by atoms with E-state index in [9.17, 15) is 15.0 Å². The molecular weight excluding hydrogens is 256 g/mol. The molecule has 0 aromatic carbocycles. The summed E-state index contributed by atoms with van der Waals surface area (Å²) in [6.07, 6.45) is -2.62. The molecule has 1 aromatic heterocycles. The number of aromatic nitrogens is 2. The van der Waals surface area contributed by atoms with E-state index in [2.05, 4.69) is 20.6 Å². The van der Waals surface area contributed by atoms with Gasteiger partial charge in [-0.15, -0.1) is 0 Å². The molecule has 0 saturated carbocycles. The fourth-order valence-corrected chi connectivity index (χ4v) is 2.20. The second-order valence-corrected chi connectivity index (χ2v) is 4.43. The van der Waals surface area contributed by atoms with Crippen molar-refractivity contribution < 1.29 is 19.7 Å². The standard InChI is InChI=1S/C10H14N4O5/c1-18-10-13-7-5(8(17)14-10)11-4-6(16)3(15)2-19-9(4)12-7/h3-4,6,9,11,15-16H,2H2,1H3,(H2,12,13,14,17)/t3-,4?,6-,9?/m0/s1. The Balaban J connectivity index is 1.98. The second-order valence-electron chi connectivity index (χ2n) is 4.43. The number of nitrogens with one attached hydrogen (secondary N) is 3. The van der Waals surface area contributed by atoms with Gasteiger partial charge in [0.1, 0.15) is 17.9 Å². The van der Waals surface area contributed by atoms with E-state index in [4.69, 9.17) is 9.47 Å². The van der Waals surface area contributed by atoms with E-state index in [1.54, 1.807) is 0 Å². The lowest BCUT2D eigenvalue weighted by molar-refractivity contribution is -0.121. The first kappa shape index (κ1) is 12.2. The molecule has 0 bridgehead atoms. The Morgan fingerprint density at radius 1 is 1.42 bits per heavy atom. The number of fused-ring (bicyclic) bond motifs is 2. The molecule has 2 aliphatic heterocycles. The third-order valence-corrected chi connectivity index (χ3v) is 3.22. The predicted molar refractivity (Wildman–Crippen MR) is 64.2 cm³/mol. The lowest BCUT2D eigenvalue weighted by Crippen LogP contribution is -2.61. The van der Waals surface area contributed by atoms with E-state index >= 15 is 0 Å². The monoisotopic (exact) mass is 270 g/mol. The van der Waals surface area contributed by atoms with Crippen LogP contribution in [0.25, 0.3) is 0 Å². The number of hydrogen-bond donors (Lipinski definition) is 5. The van der Waals surface area contributed by atoms with E-state index < -0.39 is 30.0 Å². The van der Waals surface area contributed by atoms with Gasteiger partial charge in [-0.05, 0) is 0 Å². The lowest BCUT2D eigenvalue weighted by atomic mass is 9.99. The zero-order valence-corrected chi connectivity index (χ0v) is 10.1. The van der Waals surface area contributed by atoms with Crippen molar-refractivity contribution in [2.24, 2.45) is 0 Å². The first-order chi connectivity index (χ1) is 9.10. The van der Waals surface area contributed by atoms with Crippen LogP contribution in [0.15, 0.2) is 4.79 Å². The van der Waals surface area contributed by atoms with Crippen LogP contribution >= 0.6 is 0 Å². The minimum Gasteiger partial charge on any atom is -0.468 e. The molecule has 3 heterocycles. The summed E-state index contributed by atoms with van der Waals surface area (Å²) in [4.78, 5) is 18.3. The lowest BCUT2D eigenvalue weighted by Gasteiger charge is -2.42. The number of ether oxygens (including phenoxy) is 2. The minimum absolute atomic E-state index is 0.00662. The molecule has 104 valence electrons. The van der Waals surface area contributed by atoms with Crippen LogP contribution in [-0.4, -0.2) is 58.4 Å². The first-order valence-electron chi connectivity index (χ1n) is 5.79. The maximum Gasteiger partial charge on any atom is 0.298 e. The number of hydrogen-bond acceptors (Lipinski definition) is 8. The van der Waals surface area contributed by atoms with E-state index in [0.717, 1.165) is 0 Å². The van der Waals surface area contributed by atoms with Gasteiger partial charge in [0.15, 0.2) is 12.0 Å². The van der Waals surface area contributed by atoms with Gasteiger partial charge in [0.25, 0.3) is 11.6 Å². The zero-order valence-electron chi connectivity index (χ0n) is 10.1. The Hall–Kier alpha value is -1.84. The molecule has 3 rings (SSSR count). The highest BCUT2D eigenvalue weighted by Gasteiger charge is 2.42. The highest BCUT2D eigenvalue weighted by molar-refractivity contribution is 5.67. The van der Waals surface area contributed by atoms with Gasteiger partial charge < -0.3 is 30.3 Å². The number of aromatic amines is 1. The maximum absolute atomic E-state index is 11.8. The number of aliphatic hydroxyl groups is 2. The number of aliphatic hydroxyl groups excluding tert-OH is 2. The van der Waals surface area contributed by atoms with Crippen LogP contribution in [0, 0.1) is 0 Å². The Kier molecular flexibility index (Phi) is 2.81. The Morgan fingerprint density at radius 3 is 2.95 bits per heavy atom. The highest BCUT2D eigenvalue weighted by Crippen LogP contribution is 2.29. The highest BCUT2D eigenvalue weighted by atomic mass is 16.5. The molecule has 0 aliphatic carbocycles. The number of rotatable bonds is 1. The molecule has 9 nitrogen and oxygen atoms in total. The third kappa shape index (κ3) is 1.91. The summed E-state index contributed by atoms with van der Waals surface area (Å²) in [7, 11) is 1.39. The van der Waals surface area contributed by atoms with Gasteiger partial charge >= 0.3 is 0 Å². The van der Waals surface area contributed by atoms with Gasteiger partial charge in [0.05, 0.1) is 19.8 Å². The molecule has 4 atom stereocenters. The van der Waals surface area contributed by atoms with Crippen LogP contribution in [0.2, 0.25) is 0 Å². The van der Waals surface area contributed by atoms with E-state index in [1.165, 1.54) is 7.11 Å². The van der Waals surface area contributed by atoms with Crippen LogP contribution < -0.4 is 20.9 Å². The molecule has 1 fully saturated rings. The summed E-state index contributed by atoms with van der Waals surface area (Å²) >= 11 is 0. The number of H-pyrrole nitrogens is 1. The van der Waals surface area contributed by atoms with Crippen molar-refractivity contribution in [3.8, 4) is 6.01 Å². The molecule has 19 heavy (non-hydrogen) atoms. The molecule has 9 heteroatoms. The first-order valence-corrected chi connectivity index (χ1v) is 5.79. The Labute approximate surface area is 107 Å². The van der Waals surface area contributed by atoms with Gasteiger partial charge in [-0.2, -0.15) is 4.98 Å². The average molecular weight is 270 g/mol. The van der Waals surface area contributed by atoms with Crippen LogP contribution in [-0.2, 0) is 4.74 Å². The van der Waals surface area contributed by atoms with Crippen LogP contribution in [0.4, 0.5) is 11.5 Å². The van der Waals surface area contributed by atoms with E-state index in [1.807, 2.05) is 0 Å². The normalized spacial score (nSPS) is 32.6. The maximum atomic E-state index is 11.8. The smallest absolute Gasteiger partial charge is 0.298 e. The van der Waals surface area contributed by atoms with Crippen molar-refractivity contribution in [1.82, 2.24) is 9.97 Å². The quantitative estimate of drug-likeness (QED) is 0.399.